The summed E-state index contributed by atoms with van der Waals surface area (Å²) >= 11 is 19.3. The van der Waals surface area contributed by atoms with Gasteiger partial charge in [0.25, 0.3) is 0 Å². The van der Waals surface area contributed by atoms with Gasteiger partial charge in [-0.15, -0.1) is 11.3 Å². The first-order chi connectivity index (χ1) is 8.47. The molecule has 1 N–H and O–H groups in total. The van der Waals surface area contributed by atoms with Crippen molar-refractivity contribution in [3.63, 3.8) is 0 Å². The molecule has 0 aliphatic heterocycles. The summed E-state index contributed by atoms with van der Waals surface area (Å²) in [6.45, 7) is 2.07. The molecule has 18 heavy (non-hydrogen) atoms. The molecule has 0 bridgehead atoms. The predicted octanol–water partition coefficient (Wildman–Crippen LogP) is 6.60. The Morgan fingerprint density at radius 2 is 2.06 bits per heavy atom. The van der Waals surface area contributed by atoms with Gasteiger partial charge in [0.2, 0.25) is 0 Å². The quantitative estimate of drug-likeness (QED) is 0.492. The maximum absolute atomic E-state index is 6.16. The summed E-state index contributed by atoms with van der Waals surface area (Å²) in [5, 5.41) is 3.43. The molecule has 0 fully saturated rings. The van der Waals surface area contributed by atoms with Gasteiger partial charge in [0.15, 0.2) is 0 Å². The number of nitrogens with one attached hydrogen (secondary N) is 1. The number of hydrogen-bond acceptors (Lipinski definition) is 2. The molecule has 0 spiro atoms. The van der Waals surface area contributed by atoms with Crippen molar-refractivity contribution in [2.45, 2.75) is 13.0 Å². The molecule has 0 aliphatic rings. The van der Waals surface area contributed by atoms with Crippen LogP contribution < -0.4 is 5.32 Å². The number of hydrogen-bond donors (Lipinski definition) is 1. The van der Waals surface area contributed by atoms with Crippen LogP contribution in [0.4, 0.5) is 5.69 Å². The van der Waals surface area contributed by atoms with Gasteiger partial charge in [0.1, 0.15) is 0 Å². The number of rotatable bonds is 3. The van der Waals surface area contributed by atoms with Crippen molar-refractivity contribution >= 4 is 78.7 Å². The lowest BCUT2D eigenvalue weighted by atomic mass is 10.1. The van der Waals surface area contributed by atoms with Gasteiger partial charge in [-0.1, -0.05) is 23.2 Å². The summed E-state index contributed by atoms with van der Waals surface area (Å²) < 4.78 is 3.67. The third-order valence-electron chi connectivity index (χ3n) is 2.45. The van der Waals surface area contributed by atoms with Crippen LogP contribution in [-0.2, 0) is 0 Å². The van der Waals surface area contributed by atoms with Crippen LogP contribution in [0.1, 0.15) is 18.5 Å². The zero-order chi connectivity index (χ0) is 13.3. The highest BCUT2D eigenvalue weighted by Crippen LogP contribution is 2.37. The van der Waals surface area contributed by atoms with Crippen molar-refractivity contribution in [2.24, 2.45) is 0 Å². The zero-order valence-electron chi connectivity index (χ0n) is 9.31. The molecule has 0 saturated carbocycles. The number of halogens is 4. The Balaban J connectivity index is 2.23. The van der Waals surface area contributed by atoms with Gasteiger partial charge in [0, 0.05) is 19.3 Å². The molecule has 2 rings (SSSR count). The van der Waals surface area contributed by atoms with Crippen LogP contribution in [0, 0.1) is 3.57 Å². The molecule has 96 valence electrons. The van der Waals surface area contributed by atoms with E-state index in [4.69, 9.17) is 23.2 Å². The Morgan fingerprint density at radius 1 is 1.33 bits per heavy atom. The molecule has 1 unspecified atom stereocenters. The number of anilines is 1. The highest BCUT2D eigenvalue weighted by atomic mass is 127. The maximum atomic E-state index is 6.16. The molecule has 0 saturated heterocycles. The monoisotopic (exact) mass is 475 g/mol. The molecule has 1 aromatic carbocycles. The Bertz CT molecular complexity index is 573. The van der Waals surface area contributed by atoms with Gasteiger partial charge < -0.3 is 5.32 Å². The minimum absolute atomic E-state index is 0.107. The lowest BCUT2D eigenvalue weighted by Gasteiger charge is -2.16. The van der Waals surface area contributed by atoms with Crippen LogP contribution in [0.5, 0.6) is 0 Å². The second kappa shape index (κ2) is 6.31. The van der Waals surface area contributed by atoms with E-state index in [0.29, 0.717) is 4.34 Å². The van der Waals surface area contributed by atoms with Crippen molar-refractivity contribution < 1.29 is 0 Å². The molecule has 1 atom stereocenters. The highest BCUT2D eigenvalue weighted by Gasteiger charge is 2.14. The summed E-state index contributed by atoms with van der Waals surface area (Å²) in [5.41, 5.74) is 2.07. The first-order valence-electron chi connectivity index (χ1n) is 5.13. The fourth-order valence-corrected chi connectivity index (χ4v) is 4.07. The van der Waals surface area contributed by atoms with E-state index in [-0.39, 0.29) is 6.04 Å². The zero-order valence-corrected chi connectivity index (χ0v) is 15.4. The summed E-state index contributed by atoms with van der Waals surface area (Å²) in [7, 11) is 0. The van der Waals surface area contributed by atoms with Crippen LogP contribution in [0.2, 0.25) is 8.67 Å². The van der Waals surface area contributed by atoms with E-state index >= 15 is 0 Å². The first-order valence-corrected chi connectivity index (χ1v) is 8.58. The molecule has 0 amide bonds. The Hall–Kier alpha value is 0.510. The average molecular weight is 477 g/mol. The molecule has 2 aromatic rings. The highest BCUT2D eigenvalue weighted by molar-refractivity contribution is 14.1. The molecule has 6 heteroatoms. The van der Waals surface area contributed by atoms with Crippen LogP contribution in [0.25, 0.3) is 0 Å². The van der Waals surface area contributed by atoms with Crippen LogP contribution >= 0.6 is 73.1 Å². The molecule has 1 aromatic heterocycles. The van der Waals surface area contributed by atoms with Gasteiger partial charge >= 0.3 is 0 Å². The van der Waals surface area contributed by atoms with Gasteiger partial charge in [-0.25, -0.2) is 0 Å². The van der Waals surface area contributed by atoms with Crippen molar-refractivity contribution in [2.75, 3.05) is 5.32 Å². The van der Waals surface area contributed by atoms with E-state index in [1.54, 1.807) is 0 Å². The minimum Gasteiger partial charge on any atom is -0.377 e. The fourth-order valence-electron chi connectivity index (χ4n) is 1.57. The lowest BCUT2D eigenvalue weighted by molar-refractivity contribution is 0.889. The van der Waals surface area contributed by atoms with Gasteiger partial charge in [-0.05, 0) is 69.7 Å². The van der Waals surface area contributed by atoms with Gasteiger partial charge in [-0.3, -0.25) is 0 Å². The Kier molecular flexibility index (Phi) is 5.22. The normalized spacial score (nSPS) is 12.5. The minimum atomic E-state index is 0.107. The fraction of sp³-hybridized carbons (Fsp3) is 0.167. The van der Waals surface area contributed by atoms with Crippen LogP contribution in [0.3, 0.4) is 0 Å². The standard InChI is InChI=1S/C12H9BrCl2INS/c1-6(8-5-11(14)18-12(8)15)17-10-4-7(16)2-3-9(10)13/h2-6,17H,1H3. The summed E-state index contributed by atoms with van der Waals surface area (Å²) in [6.07, 6.45) is 0. The lowest BCUT2D eigenvalue weighted by Crippen LogP contribution is -2.06. The predicted molar refractivity (Wildman–Crippen MR) is 93.2 cm³/mol. The average Bonchev–Trinajstić information content (AvgIpc) is 2.63. The second-order valence-corrected chi connectivity index (χ2v) is 8.16. The van der Waals surface area contributed by atoms with Crippen molar-refractivity contribution in [3.05, 3.63) is 46.5 Å². The van der Waals surface area contributed by atoms with Crippen LogP contribution in [-0.4, -0.2) is 0 Å². The SMILES string of the molecule is CC(Nc1cc(I)ccc1Br)c1cc(Cl)sc1Cl. The third kappa shape index (κ3) is 3.54. The molecular weight excluding hydrogens is 468 g/mol. The topological polar surface area (TPSA) is 12.0 Å². The molecule has 1 heterocycles. The van der Waals surface area contributed by atoms with Crippen molar-refractivity contribution in [1.82, 2.24) is 0 Å². The molecular formula is C12H9BrCl2INS. The Labute approximate surface area is 142 Å². The molecule has 0 radical (unpaired) electrons. The van der Waals surface area contributed by atoms with E-state index < -0.39 is 0 Å². The smallest absolute Gasteiger partial charge is 0.0996 e. The summed E-state index contributed by atoms with van der Waals surface area (Å²) in [4.78, 5) is 0. The molecule has 0 aliphatic carbocycles. The maximum Gasteiger partial charge on any atom is 0.0996 e. The summed E-state index contributed by atoms with van der Waals surface area (Å²) in [5.74, 6) is 0. The number of thiophene rings is 1. The van der Waals surface area contributed by atoms with E-state index in [1.807, 2.05) is 12.1 Å². The molecule has 1 nitrogen and oxygen atoms in total. The Morgan fingerprint density at radius 3 is 2.67 bits per heavy atom. The van der Waals surface area contributed by atoms with E-state index in [1.165, 1.54) is 14.9 Å². The van der Waals surface area contributed by atoms with Crippen molar-refractivity contribution in [3.8, 4) is 0 Å². The second-order valence-electron chi connectivity index (χ2n) is 3.77. The first kappa shape index (κ1) is 14.9. The number of benzene rings is 1. The van der Waals surface area contributed by atoms with Crippen molar-refractivity contribution in [1.29, 1.82) is 0 Å². The summed E-state index contributed by atoms with van der Waals surface area (Å²) in [6, 6.07) is 8.18. The largest absolute Gasteiger partial charge is 0.377 e. The van der Waals surface area contributed by atoms with E-state index in [9.17, 15) is 0 Å². The van der Waals surface area contributed by atoms with Gasteiger partial charge in [-0.2, -0.15) is 0 Å². The van der Waals surface area contributed by atoms with Crippen LogP contribution in [0.15, 0.2) is 28.7 Å². The van der Waals surface area contributed by atoms with E-state index in [2.05, 4.69) is 62.9 Å². The van der Waals surface area contributed by atoms with E-state index in [0.717, 1.165) is 20.1 Å². The van der Waals surface area contributed by atoms with Gasteiger partial charge in [0.05, 0.1) is 14.7 Å². The third-order valence-corrected chi connectivity index (χ3v) is 5.33.